The minimum absolute atomic E-state index is 0.0152. The summed E-state index contributed by atoms with van der Waals surface area (Å²) in [5.41, 5.74) is 0.652. The van der Waals surface area contributed by atoms with E-state index in [1.165, 1.54) is 12.1 Å². The molecule has 0 fully saturated rings. The lowest BCUT2D eigenvalue weighted by Gasteiger charge is -2.11. The lowest BCUT2D eigenvalue weighted by Crippen LogP contribution is -2.09. The van der Waals surface area contributed by atoms with Gasteiger partial charge in [0.1, 0.15) is 22.7 Å². The number of hydrogen-bond acceptors (Lipinski definition) is 6. The Morgan fingerprint density at radius 1 is 1.00 bits per heavy atom. The molecular formula is C21H15F3N4O3. The minimum Gasteiger partial charge on any atom is -0.437 e. The molecule has 0 aliphatic carbocycles. The van der Waals surface area contributed by atoms with Gasteiger partial charge in [0.15, 0.2) is 0 Å². The van der Waals surface area contributed by atoms with Crippen molar-refractivity contribution in [3.8, 4) is 23.1 Å². The predicted molar refractivity (Wildman–Crippen MR) is 102 cm³/mol. The number of ether oxygens (including phenoxy) is 1. The third kappa shape index (κ3) is 4.93. The van der Waals surface area contributed by atoms with Crippen molar-refractivity contribution in [2.75, 3.05) is 0 Å². The molecule has 4 rings (SSSR count). The van der Waals surface area contributed by atoms with Crippen molar-refractivity contribution in [1.29, 1.82) is 0 Å². The van der Waals surface area contributed by atoms with E-state index in [9.17, 15) is 13.2 Å². The summed E-state index contributed by atoms with van der Waals surface area (Å²) >= 11 is 0. The number of benzene rings is 1. The first-order valence-electron chi connectivity index (χ1n) is 9.02. The number of carbonyl (C=O) groups excluding carboxylic acids is 2. The van der Waals surface area contributed by atoms with E-state index >= 15 is 0 Å². The summed E-state index contributed by atoms with van der Waals surface area (Å²) in [5, 5.41) is 4.34. The third-order valence-corrected chi connectivity index (χ3v) is 4.17. The number of aromatic nitrogens is 4. The second-order valence-electron chi connectivity index (χ2n) is 6.13. The molecule has 3 heterocycles. The van der Waals surface area contributed by atoms with Crippen molar-refractivity contribution in [2.24, 2.45) is 0 Å². The second kappa shape index (κ2) is 9.19. The highest BCUT2D eigenvalue weighted by atomic mass is 19.4. The average Bonchev–Trinajstić information content (AvgIpc) is 3.18. The van der Waals surface area contributed by atoms with E-state index in [1.807, 2.05) is 31.2 Å². The molecule has 0 unspecified atom stereocenters. The Balaban J connectivity index is 0.000000858. The van der Waals surface area contributed by atoms with E-state index in [-0.39, 0.29) is 23.5 Å². The fourth-order valence-electron chi connectivity index (χ4n) is 2.84. The Kier molecular flexibility index (Phi) is 6.42. The molecule has 158 valence electrons. The first-order chi connectivity index (χ1) is 14.9. The van der Waals surface area contributed by atoms with Crippen LogP contribution in [0.15, 0.2) is 60.8 Å². The van der Waals surface area contributed by atoms with Gasteiger partial charge >= 0.3 is 12.3 Å². The molecular weight excluding hydrogens is 413 g/mol. The molecule has 31 heavy (non-hydrogen) atoms. The Labute approximate surface area is 174 Å². The summed E-state index contributed by atoms with van der Waals surface area (Å²) in [5.74, 6) is 0.870. The minimum atomic E-state index is -4.55. The summed E-state index contributed by atoms with van der Waals surface area (Å²) in [7, 11) is 0. The Bertz CT molecular complexity index is 1220. The van der Waals surface area contributed by atoms with Crippen LogP contribution in [0.3, 0.4) is 0 Å². The Hall–Kier alpha value is -4.04. The highest BCUT2D eigenvalue weighted by molar-refractivity contribution is 5.66. The molecule has 3 aromatic heterocycles. The van der Waals surface area contributed by atoms with Gasteiger partial charge in [0.2, 0.25) is 11.7 Å². The summed E-state index contributed by atoms with van der Waals surface area (Å²) in [4.78, 5) is 24.3. The summed E-state index contributed by atoms with van der Waals surface area (Å²) in [6, 6.07) is 14.6. The molecule has 0 aliphatic heterocycles. The van der Waals surface area contributed by atoms with Crippen LogP contribution in [0.4, 0.5) is 13.2 Å². The summed E-state index contributed by atoms with van der Waals surface area (Å²) in [6.07, 6.45) is -1.84. The SMILES string of the molecule is CCc1ccn2nc(-c3cccc(C(F)(F)F)n3)nc(Oc3ccccc3)c12.O=C=O. The lowest BCUT2D eigenvalue weighted by molar-refractivity contribution is -0.191. The number of alkyl halides is 3. The van der Waals surface area contributed by atoms with Crippen LogP contribution in [0.25, 0.3) is 17.0 Å². The van der Waals surface area contributed by atoms with Gasteiger partial charge in [-0.2, -0.15) is 27.7 Å². The number of hydrogen-bond donors (Lipinski definition) is 0. The van der Waals surface area contributed by atoms with E-state index in [0.29, 0.717) is 11.3 Å². The third-order valence-electron chi connectivity index (χ3n) is 4.17. The maximum absolute atomic E-state index is 13.0. The number of rotatable bonds is 4. The van der Waals surface area contributed by atoms with Crippen molar-refractivity contribution in [2.45, 2.75) is 19.5 Å². The zero-order chi connectivity index (χ0) is 22.4. The standard InChI is InChI=1S/C20H15F3N4O.CO2/c1-2-13-11-12-27-17(13)19(28-14-7-4-3-5-8-14)25-18(26-27)15-9-6-10-16(24-15)20(21,22)23;2-1-3/h3-12H,2H2,1H3;. The summed E-state index contributed by atoms with van der Waals surface area (Å²) < 4.78 is 46.5. The number of para-hydroxylation sites is 1. The normalized spacial score (nSPS) is 10.8. The van der Waals surface area contributed by atoms with Crippen LogP contribution in [0.2, 0.25) is 0 Å². The van der Waals surface area contributed by atoms with Gasteiger partial charge in [-0.3, -0.25) is 0 Å². The first kappa shape index (κ1) is 21.7. The molecule has 0 amide bonds. The molecule has 0 spiro atoms. The van der Waals surface area contributed by atoms with Crippen molar-refractivity contribution < 1.29 is 27.5 Å². The Morgan fingerprint density at radius 3 is 2.35 bits per heavy atom. The molecule has 0 saturated carbocycles. The molecule has 1 aromatic carbocycles. The first-order valence-corrected chi connectivity index (χ1v) is 9.02. The fourth-order valence-corrected chi connectivity index (χ4v) is 2.84. The zero-order valence-electron chi connectivity index (χ0n) is 16.1. The smallest absolute Gasteiger partial charge is 0.433 e. The molecule has 0 atom stereocenters. The Morgan fingerprint density at radius 2 is 1.71 bits per heavy atom. The molecule has 0 radical (unpaired) electrons. The molecule has 10 heteroatoms. The highest BCUT2D eigenvalue weighted by Gasteiger charge is 2.32. The number of halogens is 3. The van der Waals surface area contributed by atoms with Crippen LogP contribution in [-0.4, -0.2) is 25.7 Å². The fraction of sp³-hybridized carbons (Fsp3) is 0.143. The van der Waals surface area contributed by atoms with E-state index < -0.39 is 11.9 Å². The van der Waals surface area contributed by atoms with Gasteiger partial charge in [-0.25, -0.2) is 9.50 Å². The topological polar surface area (TPSA) is 86.4 Å². The summed E-state index contributed by atoms with van der Waals surface area (Å²) in [6.45, 7) is 1.99. The highest BCUT2D eigenvalue weighted by Crippen LogP contribution is 2.31. The van der Waals surface area contributed by atoms with Gasteiger partial charge in [-0.1, -0.05) is 31.2 Å². The average molecular weight is 428 g/mol. The maximum atomic E-state index is 13.0. The number of pyridine rings is 1. The van der Waals surface area contributed by atoms with Crippen LogP contribution in [0, 0.1) is 0 Å². The van der Waals surface area contributed by atoms with Crippen LogP contribution in [0.1, 0.15) is 18.2 Å². The second-order valence-corrected chi connectivity index (χ2v) is 6.13. The van der Waals surface area contributed by atoms with E-state index in [1.54, 1.807) is 22.8 Å². The van der Waals surface area contributed by atoms with Crippen LogP contribution >= 0.6 is 0 Å². The van der Waals surface area contributed by atoms with Crippen molar-refractivity contribution in [1.82, 2.24) is 19.6 Å². The largest absolute Gasteiger partial charge is 0.437 e. The van der Waals surface area contributed by atoms with Gasteiger partial charge in [-0.15, -0.1) is 5.10 Å². The van der Waals surface area contributed by atoms with E-state index in [4.69, 9.17) is 14.3 Å². The predicted octanol–water partition coefficient (Wildman–Crippen LogP) is 4.58. The van der Waals surface area contributed by atoms with Crippen LogP contribution in [0.5, 0.6) is 11.6 Å². The molecule has 0 saturated heterocycles. The molecule has 0 bridgehead atoms. The van der Waals surface area contributed by atoms with Gasteiger partial charge in [0.05, 0.1) is 0 Å². The van der Waals surface area contributed by atoms with Gasteiger partial charge < -0.3 is 4.74 Å². The number of nitrogens with zero attached hydrogens (tertiary/aromatic N) is 4. The van der Waals surface area contributed by atoms with Gasteiger partial charge in [-0.05, 0) is 42.3 Å². The van der Waals surface area contributed by atoms with Crippen molar-refractivity contribution >= 4 is 11.7 Å². The van der Waals surface area contributed by atoms with E-state index in [0.717, 1.165) is 18.1 Å². The number of aryl methyl sites for hydroxylation is 1. The van der Waals surface area contributed by atoms with E-state index in [2.05, 4.69) is 15.1 Å². The van der Waals surface area contributed by atoms with Crippen LogP contribution < -0.4 is 4.74 Å². The molecule has 0 N–H and O–H groups in total. The zero-order valence-corrected chi connectivity index (χ0v) is 16.1. The monoisotopic (exact) mass is 428 g/mol. The lowest BCUT2D eigenvalue weighted by atomic mass is 10.2. The van der Waals surface area contributed by atoms with Crippen molar-refractivity contribution in [3.05, 3.63) is 72.1 Å². The maximum Gasteiger partial charge on any atom is 0.433 e. The quantitative estimate of drug-likeness (QED) is 0.473. The van der Waals surface area contributed by atoms with Crippen LogP contribution in [-0.2, 0) is 22.2 Å². The molecule has 4 aromatic rings. The number of fused-ring (bicyclic) bond motifs is 1. The van der Waals surface area contributed by atoms with Gasteiger partial charge in [0.25, 0.3) is 0 Å². The molecule has 0 aliphatic rings. The molecule has 7 nitrogen and oxygen atoms in total. The van der Waals surface area contributed by atoms with Gasteiger partial charge in [0, 0.05) is 6.20 Å². The van der Waals surface area contributed by atoms with Crippen molar-refractivity contribution in [3.63, 3.8) is 0 Å².